The minimum atomic E-state index is -0.469. The van der Waals surface area contributed by atoms with Gasteiger partial charge in [-0.25, -0.2) is 0 Å². The number of aliphatic hydroxyl groups excluding tert-OH is 2. The Bertz CT molecular complexity index is 798. The molecular formula is C28H44O3. The average Bonchev–Trinajstić information content (AvgIpc) is 3.34. The van der Waals surface area contributed by atoms with Gasteiger partial charge in [0, 0.05) is 11.8 Å². The summed E-state index contributed by atoms with van der Waals surface area (Å²) in [5, 5.41) is 21.9. The van der Waals surface area contributed by atoms with Crippen LogP contribution in [-0.4, -0.2) is 34.1 Å². The van der Waals surface area contributed by atoms with Crippen LogP contribution in [0.3, 0.4) is 0 Å². The molecule has 0 aromatic carbocycles. The molecule has 5 aliphatic rings. The highest BCUT2D eigenvalue weighted by molar-refractivity contribution is 5.43. The van der Waals surface area contributed by atoms with Crippen molar-refractivity contribution in [1.82, 2.24) is 0 Å². The lowest BCUT2D eigenvalue weighted by Gasteiger charge is -2.55. The zero-order chi connectivity index (χ0) is 22.3. The van der Waals surface area contributed by atoms with Gasteiger partial charge in [0.2, 0.25) is 0 Å². The van der Waals surface area contributed by atoms with Crippen LogP contribution in [0.5, 0.6) is 0 Å². The second-order valence-corrected chi connectivity index (χ2v) is 12.6. The molecule has 3 nitrogen and oxygen atoms in total. The van der Waals surface area contributed by atoms with Gasteiger partial charge in [-0.2, -0.15) is 0 Å². The number of rotatable bonds is 4. The van der Waals surface area contributed by atoms with Crippen LogP contribution in [0.2, 0.25) is 0 Å². The first-order valence-electron chi connectivity index (χ1n) is 13.0. The van der Waals surface area contributed by atoms with Crippen LogP contribution in [0, 0.1) is 40.4 Å². The van der Waals surface area contributed by atoms with Crippen molar-refractivity contribution in [2.75, 3.05) is 0 Å². The molecule has 3 heteroatoms. The molecule has 0 aromatic heterocycles. The Morgan fingerprint density at radius 2 is 1.74 bits per heavy atom. The maximum Gasteiger partial charge on any atom is 0.118 e. The molecule has 0 bridgehead atoms. The van der Waals surface area contributed by atoms with Crippen LogP contribution < -0.4 is 0 Å². The molecular weight excluding hydrogens is 384 g/mol. The van der Waals surface area contributed by atoms with E-state index in [1.165, 1.54) is 18.4 Å². The number of hydrogen-bond donors (Lipinski definition) is 2. The fourth-order valence-electron chi connectivity index (χ4n) is 8.48. The Balaban J connectivity index is 1.47. The van der Waals surface area contributed by atoms with Gasteiger partial charge in [0.05, 0.1) is 6.10 Å². The van der Waals surface area contributed by atoms with Crippen molar-refractivity contribution in [3.8, 4) is 0 Å². The third kappa shape index (κ3) is 2.95. The van der Waals surface area contributed by atoms with Gasteiger partial charge in [0.1, 0.15) is 17.8 Å². The van der Waals surface area contributed by atoms with Crippen LogP contribution in [0.15, 0.2) is 23.3 Å². The summed E-state index contributed by atoms with van der Waals surface area (Å²) in [5.41, 5.74) is 2.93. The summed E-state index contributed by atoms with van der Waals surface area (Å²) >= 11 is 0. The Labute approximate surface area is 189 Å². The van der Waals surface area contributed by atoms with E-state index < -0.39 is 6.10 Å². The molecule has 2 N–H and O–H groups in total. The van der Waals surface area contributed by atoms with Crippen LogP contribution in [-0.2, 0) is 4.74 Å². The lowest BCUT2D eigenvalue weighted by atomic mass is 9.48. The van der Waals surface area contributed by atoms with E-state index >= 15 is 0 Å². The third-order valence-electron chi connectivity index (χ3n) is 10.9. The summed E-state index contributed by atoms with van der Waals surface area (Å²) in [6.45, 7) is 14.2. The number of fused-ring (bicyclic) bond motifs is 3. The monoisotopic (exact) mass is 428 g/mol. The second-order valence-electron chi connectivity index (χ2n) is 12.6. The minimum absolute atomic E-state index is 0.0656. The van der Waals surface area contributed by atoms with Crippen molar-refractivity contribution in [2.24, 2.45) is 40.4 Å². The van der Waals surface area contributed by atoms with Crippen molar-refractivity contribution in [1.29, 1.82) is 0 Å². The molecule has 0 amide bonds. The van der Waals surface area contributed by atoms with Crippen molar-refractivity contribution in [3.05, 3.63) is 23.3 Å². The lowest BCUT2D eigenvalue weighted by molar-refractivity contribution is -0.0512. The van der Waals surface area contributed by atoms with Gasteiger partial charge >= 0.3 is 0 Å². The lowest BCUT2D eigenvalue weighted by Crippen LogP contribution is -2.57. The maximum absolute atomic E-state index is 11.5. The van der Waals surface area contributed by atoms with Crippen LogP contribution in [0.1, 0.15) is 86.5 Å². The molecule has 1 saturated heterocycles. The van der Waals surface area contributed by atoms with Crippen molar-refractivity contribution >= 4 is 0 Å². The topological polar surface area (TPSA) is 53.0 Å². The fraction of sp³-hybridized carbons (Fsp3) is 0.857. The van der Waals surface area contributed by atoms with E-state index in [4.69, 9.17) is 4.74 Å². The number of hydrogen-bond acceptors (Lipinski definition) is 3. The van der Waals surface area contributed by atoms with E-state index in [-0.39, 0.29) is 28.6 Å². The molecule has 4 fully saturated rings. The first-order valence-corrected chi connectivity index (χ1v) is 13.0. The molecule has 31 heavy (non-hydrogen) atoms. The average molecular weight is 429 g/mol. The van der Waals surface area contributed by atoms with Gasteiger partial charge in [-0.05, 0) is 79.1 Å². The Hall–Kier alpha value is -0.640. The van der Waals surface area contributed by atoms with Gasteiger partial charge in [-0.1, -0.05) is 59.3 Å². The number of ether oxygens (including phenoxy) is 1. The molecule has 3 saturated carbocycles. The first kappa shape index (κ1) is 22.2. The smallest absolute Gasteiger partial charge is 0.118 e. The quantitative estimate of drug-likeness (QED) is 0.449. The maximum atomic E-state index is 11.5. The highest BCUT2D eigenvalue weighted by Crippen LogP contribution is 2.72. The molecule has 0 radical (unpaired) electrons. The van der Waals surface area contributed by atoms with Crippen molar-refractivity contribution in [2.45, 2.75) is 110 Å². The minimum Gasteiger partial charge on any atom is -0.393 e. The third-order valence-corrected chi connectivity index (χ3v) is 10.9. The summed E-state index contributed by atoms with van der Waals surface area (Å²) in [6, 6.07) is 0. The molecule has 10 atom stereocenters. The molecule has 5 rings (SSSR count). The van der Waals surface area contributed by atoms with Gasteiger partial charge in [0.25, 0.3) is 0 Å². The molecule has 1 aliphatic heterocycles. The van der Waals surface area contributed by atoms with E-state index in [0.717, 1.165) is 25.7 Å². The number of epoxide rings is 1. The van der Waals surface area contributed by atoms with Gasteiger partial charge < -0.3 is 14.9 Å². The van der Waals surface area contributed by atoms with Gasteiger partial charge in [0.15, 0.2) is 0 Å². The fourth-order valence-corrected chi connectivity index (χ4v) is 8.48. The zero-order valence-electron chi connectivity index (χ0n) is 20.5. The highest BCUT2D eigenvalue weighted by atomic mass is 16.6. The molecule has 4 aliphatic carbocycles. The van der Waals surface area contributed by atoms with E-state index in [2.05, 4.69) is 53.7 Å². The summed E-state index contributed by atoms with van der Waals surface area (Å²) in [7, 11) is 0. The SMILES string of the molecule is CC(C)[C@@H](C)/C=C/[C@@H](C)[C@H]1CCC2=C3[C@H](O)[C@@H]4O[C@@]45CC(O)CC[C@]5(C)[C@H]3CC[C@@]21C. The molecule has 0 aromatic rings. The van der Waals surface area contributed by atoms with Crippen molar-refractivity contribution < 1.29 is 14.9 Å². The van der Waals surface area contributed by atoms with E-state index in [0.29, 0.717) is 36.0 Å². The molecule has 1 heterocycles. The van der Waals surface area contributed by atoms with E-state index in [9.17, 15) is 10.2 Å². The van der Waals surface area contributed by atoms with Gasteiger partial charge in [-0.3, -0.25) is 0 Å². The van der Waals surface area contributed by atoms with Crippen LogP contribution in [0.4, 0.5) is 0 Å². The Morgan fingerprint density at radius 1 is 1.00 bits per heavy atom. The van der Waals surface area contributed by atoms with Gasteiger partial charge in [-0.15, -0.1) is 0 Å². The van der Waals surface area contributed by atoms with Crippen LogP contribution in [0.25, 0.3) is 0 Å². The second kappa shape index (κ2) is 7.18. The highest BCUT2D eigenvalue weighted by Gasteiger charge is 2.77. The summed E-state index contributed by atoms with van der Waals surface area (Å²) in [5.74, 6) is 2.95. The molecule has 174 valence electrons. The predicted molar refractivity (Wildman–Crippen MR) is 124 cm³/mol. The van der Waals surface area contributed by atoms with E-state index in [1.54, 1.807) is 5.57 Å². The zero-order valence-corrected chi connectivity index (χ0v) is 20.5. The summed E-state index contributed by atoms with van der Waals surface area (Å²) in [4.78, 5) is 0. The summed E-state index contributed by atoms with van der Waals surface area (Å²) in [6.07, 6.45) is 11.4. The number of allylic oxidation sites excluding steroid dienone is 3. The largest absolute Gasteiger partial charge is 0.393 e. The molecule has 1 unspecified atom stereocenters. The Kier molecular flexibility index (Phi) is 5.13. The van der Waals surface area contributed by atoms with E-state index in [1.807, 2.05) is 0 Å². The summed E-state index contributed by atoms with van der Waals surface area (Å²) < 4.78 is 6.33. The predicted octanol–water partition coefficient (Wildman–Crippen LogP) is 5.66. The Morgan fingerprint density at radius 3 is 2.45 bits per heavy atom. The normalized spacial score (nSPS) is 50.7. The van der Waals surface area contributed by atoms with Crippen LogP contribution >= 0.6 is 0 Å². The number of aliphatic hydroxyl groups is 2. The van der Waals surface area contributed by atoms with Crippen molar-refractivity contribution in [3.63, 3.8) is 0 Å². The standard InChI is InChI=1S/C28H44O3/c1-16(2)17(3)7-8-18(4)20-9-10-21-23-22(12-13-26(20,21)5)27(6)14-11-19(29)15-28(27)25(31-28)24(23)30/h7-8,16-20,22,24-25,29-30H,9-15H2,1-6H3/b8-7+/t17-,18+,19?,20+,22-,24-,25-,26+,27+,28-/m0/s1. The molecule has 1 spiro atoms. The first-order chi connectivity index (χ1) is 14.5.